The molecule has 112 valence electrons. The average Bonchev–Trinajstić information content (AvgIpc) is 2.71. The van der Waals surface area contributed by atoms with Gasteiger partial charge in [0.2, 0.25) is 0 Å². The van der Waals surface area contributed by atoms with Crippen LogP contribution in [0, 0.1) is 0 Å². The highest BCUT2D eigenvalue weighted by atomic mass is 35.5. The number of rotatable bonds is 6. The van der Waals surface area contributed by atoms with Crippen molar-refractivity contribution in [1.82, 2.24) is 4.90 Å². The fraction of sp³-hybridized carbons (Fsp3) is 0.625. The van der Waals surface area contributed by atoms with Gasteiger partial charge in [0.25, 0.3) is 0 Å². The number of benzene rings is 1. The zero-order valence-electron chi connectivity index (χ0n) is 11.9. The van der Waals surface area contributed by atoms with Gasteiger partial charge in [0.1, 0.15) is 5.75 Å². The van der Waals surface area contributed by atoms with E-state index < -0.39 is 0 Å². The van der Waals surface area contributed by atoms with Crippen molar-refractivity contribution in [3.05, 3.63) is 28.2 Å². The van der Waals surface area contributed by atoms with Gasteiger partial charge in [0.15, 0.2) is 0 Å². The van der Waals surface area contributed by atoms with E-state index in [1.807, 2.05) is 6.07 Å². The Labute approximate surface area is 132 Å². The molecule has 2 rings (SSSR count). The Kier molecular flexibility index (Phi) is 6.98. The smallest absolute Gasteiger partial charge is 0.120 e. The second-order valence-corrected chi connectivity index (χ2v) is 6.20. The first kappa shape index (κ1) is 15.9. The van der Waals surface area contributed by atoms with Crippen LogP contribution in [-0.4, -0.2) is 31.1 Å². The number of hydrogen-bond acceptors (Lipinski definition) is 2. The van der Waals surface area contributed by atoms with E-state index in [1.165, 1.54) is 51.7 Å². The number of likely N-dealkylation sites (tertiary alicyclic amines) is 1. The van der Waals surface area contributed by atoms with E-state index in [2.05, 4.69) is 4.90 Å². The second-order valence-electron chi connectivity index (χ2n) is 5.39. The predicted octanol–water partition coefficient (Wildman–Crippen LogP) is 5.03. The Balaban J connectivity index is 1.60. The Bertz CT molecular complexity index is 403. The van der Waals surface area contributed by atoms with Gasteiger partial charge in [0, 0.05) is 6.07 Å². The molecule has 0 amide bonds. The highest BCUT2D eigenvalue weighted by Crippen LogP contribution is 2.26. The van der Waals surface area contributed by atoms with Crippen LogP contribution >= 0.6 is 23.2 Å². The molecule has 1 aliphatic heterocycles. The van der Waals surface area contributed by atoms with Gasteiger partial charge in [-0.1, -0.05) is 36.0 Å². The number of nitrogens with zero attached hydrogens (tertiary/aromatic N) is 1. The molecule has 2 nitrogen and oxygen atoms in total. The molecule has 1 aliphatic rings. The molecular formula is C16H23Cl2NO. The summed E-state index contributed by atoms with van der Waals surface area (Å²) in [6.45, 7) is 4.48. The molecule has 0 saturated carbocycles. The molecule has 0 unspecified atom stereocenters. The maximum absolute atomic E-state index is 5.95. The standard InChI is InChI=1S/C16H23Cl2NO/c17-15-8-7-14(13-16(15)18)20-12-6-5-11-19-9-3-1-2-4-10-19/h7-8,13H,1-6,9-12H2. The molecule has 1 fully saturated rings. The molecule has 0 atom stereocenters. The first-order valence-electron chi connectivity index (χ1n) is 7.56. The maximum Gasteiger partial charge on any atom is 0.120 e. The van der Waals surface area contributed by atoms with Crippen LogP contribution in [0.25, 0.3) is 0 Å². The molecule has 0 aromatic heterocycles. The van der Waals surface area contributed by atoms with Crippen LogP contribution in [0.15, 0.2) is 18.2 Å². The van der Waals surface area contributed by atoms with Crippen molar-refractivity contribution in [1.29, 1.82) is 0 Å². The van der Waals surface area contributed by atoms with E-state index in [0.717, 1.165) is 18.8 Å². The van der Waals surface area contributed by atoms with Gasteiger partial charge in [-0.25, -0.2) is 0 Å². The summed E-state index contributed by atoms with van der Waals surface area (Å²) < 4.78 is 5.69. The first-order chi connectivity index (χ1) is 9.75. The summed E-state index contributed by atoms with van der Waals surface area (Å²) in [6.07, 6.45) is 7.80. The van der Waals surface area contributed by atoms with Crippen LogP contribution in [0.2, 0.25) is 10.0 Å². The molecule has 4 heteroatoms. The van der Waals surface area contributed by atoms with E-state index >= 15 is 0 Å². The predicted molar refractivity (Wildman–Crippen MR) is 86.1 cm³/mol. The average molecular weight is 316 g/mol. The Morgan fingerprint density at radius 3 is 2.40 bits per heavy atom. The summed E-state index contributed by atoms with van der Waals surface area (Å²) >= 11 is 11.8. The van der Waals surface area contributed by atoms with Crippen molar-refractivity contribution in [3.63, 3.8) is 0 Å². The lowest BCUT2D eigenvalue weighted by Gasteiger charge is -2.19. The van der Waals surface area contributed by atoms with Crippen molar-refractivity contribution in [2.24, 2.45) is 0 Å². The van der Waals surface area contributed by atoms with Gasteiger partial charge < -0.3 is 9.64 Å². The molecular weight excluding hydrogens is 293 g/mol. The van der Waals surface area contributed by atoms with Gasteiger partial charge in [-0.15, -0.1) is 0 Å². The summed E-state index contributed by atoms with van der Waals surface area (Å²) in [5.74, 6) is 0.800. The van der Waals surface area contributed by atoms with Crippen molar-refractivity contribution >= 4 is 23.2 Å². The SMILES string of the molecule is Clc1ccc(OCCCCN2CCCCCC2)cc1Cl. The molecule has 0 aliphatic carbocycles. The van der Waals surface area contributed by atoms with E-state index in [9.17, 15) is 0 Å². The quantitative estimate of drug-likeness (QED) is 0.683. The molecule has 0 N–H and O–H groups in total. The third kappa shape index (κ3) is 5.51. The third-order valence-corrected chi connectivity index (χ3v) is 4.47. The third-order valence-electron chi connectivity index (χ3n) is 3.73. The summed E-state index contributed by atoms with van der Waals surface area (Å²) in [5, 5.41) is 1.12. The monoisotopic (exact) mass is 315 g/mol. The summed E-state index contributed by atoms with van der Waals surface area (Å²) in [6, 6.07) is 5.41. The van der Waals surface area contributed by atoms with Crippen molar-refractivity contribution in [2.45, 2.75) is 38.5 Å². The van der Waals surface area contributed by atoms with Gasteiger partial charge in [0.05, 0.1) is 16.7 Å². The van der Waals surface area contributed by atoms with Crippen molar-refractivity contribution in [3.8, 4) is 5.75 Å². The van der Waals surface area contributed by atoms with Gasteiger partial charge in [-0.3, -0.25) is 0 Å². The molecule has 1 aromatic rings. The lowest BCUT2D eigenvalue weighted by Crippen LogP contribution is -2.25. The van der Waals surface area contributed by atoms with E-state index in [4.69, 9.17) is 27.9 Å². The molecule has 20 heavy (non-hydrogen) atoms. The first-order valence-corrected chi connectivity index (χ1v) is 8.31. The largest absolute Gasteiger partial charge is 0.494 e. The fourth-order valence-corrected chi connectivity index (χ4v) is 2.84. The minimum atomic E-state index is 0.550. The topological polar surface area (TPSA) is 12.5 Å². The zero-order valence-corrected chi connectivity index (χ0v) is 13.4. The lowest BCUT2D eigenvalue weighted by molar-refractivity contribution is 0.256. The van der Waals surface area contributed by atoms with Crippen LogP contribution in [0.4, 0.5) is 0 Å². The van der Waals surface area contributed by atoms with Gasteiger partial charge in [-0.2, -0.15) is 0 Å². The fourth-order valence-electron chi connectivity index (χ4n) is 2.55. The van der Waals surface area contributed by atoms with E-state index in [-0.39, 0.29) is 0 Å². The number of unbranched alkanes of at least 4 members (excludes halogenated alkanes) is 1. The van der Waals surface area contributed by atoms with Crippen LogP contribution < -0.4 is 4.74 Å². The zero-order chi connectivity index (χ0) is 14.2. The van der Waals surface area contributed by atoms with Crippen molar-refractivity contribution < 1.29 is 4.74 Å². The second kappa shape index (κ2) is 8.76. The van der Waals surface area contributed by atoms with Crippen LogP contribution in [-0.2, 0) is 0 Å². The molecule has 0 spiro atoms. The minimum absolute atomic E-state index is 0.550. The van der Waals surface area contributed by atoms with Crippen molar-refractivity contribution in [2.75, 3.05) is 26.2 Å². The highest BCUT2D eigenvalue weighted by Gasteiger charge is 2.08. The van der Waals surface area contributed by atoms with E-state index in [1.54, 1.807) is 12.1 Å². The highest BCUT2D eigenvalue weighted by molar-refractivity contribution is 6.42. The summed E-state index contributed by atoms with van der Waals surface area (Å²) in [7, 11) is 0. The molecule has 0 bridgehead atoms. The van der Waals surface area contributed by atoms with Crippen LogP contribution in [0.1, 0.15) is 38.5 Å². The van der Waals surface area contributed by atoms with Gasteiger partial charge in [-0.05, 0) is 57.5 Å². The maximum atomic E-state index is 5.95. The number of ether oxygens (including phenoxy) is 1. The van der Waals surface area contributed by atoms with E-state index in [0.29, 0.717) is 10.0 Å². The van der Waals surface area contributed by atoms with Gasteiger partial charge >= 0.3 is 0 Å². The molecule has 1 saturated heterocycles. The lowest BCUT2D eigenvalue weighted by atomic mass is 10.2. The van der Waals surface area contributed by atoms with Crippen LogP contribution in [0.5, 0.6) is 5.75 Å². The molecule has 1 aromatic carbocycles. The Hall–Kier alpha value is -0.440. The normalized spacial score (nSPS) is 16.9. The summed E-state index contributed by atoms with van der Waals surface area (Å²) in [5.41, 5.74) is 0. The minimum Gasteiger partial charge on any atom is -0.494 e. The van der Waals surface area contributed by atoms with Crippen LogP contribution in [0.3, 0.4) is 0 Å². The number of halogens is 2. The summed E-state index contributed by atoms with van der Waals surface area (Å²) in [4.78, 5) is 2.59. The Morgan fingerprint density at radius 2 is 1.70 bits per heavy atom. The Morgan fingerprint density at radius 1 is 0.950 bits per heavy atom. The molecule has 0 radical (unpaired) electrons. The molecule has 1 heterocycles. The number of hydrogen-bond donors (Lipinski definition) is 0.